The predicted octanol–water partition coefficient (Wildman–Crippen LogP) is 7.86. The second kappa shape index (κ2) is 17.3. The summed E-state index contributed by atoms with van der Waals surface area (Å²) in [6.45, 7) is 2.29. The molecule has 0 radical (unpaired) electrons. The molecule has 2 aliphatic carbocycles. The zero-order chi connectivity index (χ0) is 36.5. The van der Waals surface area contributed by atoms with Crippen molar-refractivity contribution in [2.24, 2.45) is 23.5 Å². The second-order valence-corrected chi connectivity index (χ2v) is 14.2. The molecule has 2 aliphatic rings. The van der Waals surface area contributed by atoms with E-state index in [-0.39, 0.29) is 31.3 Å². The summed E-state index contributed by atoms with van der Waals surface area (Å²) in [7, 11) is 1.59. The van der Waals surface area contributed by atoms with Gasteiger partial charge >= 0.3 is 0 Å². The highest BCUT2D eigenvalue weighted by molar-refractivity contribution is 5.97. The van der Waals surface area contributed by atoms with Crippen molar-refractivity contribution in [1.29, 1.82) is 0 Å². The van der Waals surface area contributed by atoms with Crippen molar-refractivity contribution in [1.82, 2.24) is 14.9 Å². The Bertz CT molecular complexity index is 1850. The molecule has 1 fully saturated rings. The van der Waals surface area contributed by atoms with Crippen molar-refractivity contribution in [3.8, 4) is 17.1 Å². The molecule has 1 atom stereocenters. The van der Waals surface area contributed by atoms with Crippen molar-refractivity contribution in [2.75, 3.05) is 19.0 Å². The molecule has 1 heterocycles. The molecule has 4 aromatic rings. The maximum atomic E-state index is 13.5. The van der Waals surface area contributed by atoms with Gasteiger partial charge in [0, 0.05) is 41.3 Å². The van der Waals surface area contributed by atoms with E-state index in [0.29, 0.717) is 17.1 Å². The monoisotopic (exact) mass is 699 g/mol. The van der Waals surface area contributed by atoms with Gasteiger partial charge in [0.2, 0.25) is 11.8 Å². The quantitative estimate of drug-likeness (QED) is 0.146. The lowest BCUT2D eigenvalue weighted by molar-refractivity contribution is -0.119. The Hall–Kier alpha value is -5.31. The zero-order valence-electron chi connectivity index (χ0n) is 30.2. The largest absolute Gasteiger partial charge is 0.497 e. The van der Waals surface area contributed by atoms with Crippen molar-refractivity contribution in [3.63, 3.8) is 0 Å². The van der Waals surface area contributed by atoms with Crippen LogP contribution < -0.4 is 15.8 Å². The lowest BCUT2D eigenvalue weighted by Gasteiger charge is -2.35. The van der Waals surface area contributed by atoms with Crippen LogP contribution in [0.1, 0.15) is 85.3 Å². The number of nitrogens with zero attached hydrogens (tertiary/aromatic N) is 3. The Morgan fingerprint density at radius 1 is 0.827 bits per heavy atom. The van der Waals surface area contributed by atoms with Gasteiger partial charge in [-0.15, -0.1) is 0 Å². The standard InChI is InChI=1S/C43H49N5O4/c1-3-29-4-10-32(11-5-29)33-14-16-34(17-15-33)37-25-45-42(46-26-37)35-12-6-31(7-13-35)27-48(28-40(44)49)43(51)36-18-20-38(21-19-36)47-41(50)24-30-8-22-39(52-2)23-9-30/h6-9,12-13,16,18-23,25-26,29,32-33H,3-5,10-11,14-15,17,24,27-28H2,1-2H3,(H2,44,49)(H,47,50). The number of nitrogens with two attached hydrogens (primary N) is 1. The number of nitrogens with one attached hydrogen (secondary N) is 1. The molecule has 6 rings (SSSR count). The van der Waals surface area contributed by atoms with Gasteiger partial charge < -0.3 is 20.7 Å². The molecule has 9 nitrogen and oxygen atoms in total. The van der Waals surface area contributed by atoms with Crippen LogP contribution in [-0.4, -0.2) is 46.2 Å². The molecule has 9 heteroatoms. The van der Waals surface area contributed by atoms with Crippen LogP contribution in [0.15, 0.2) is 91.3 Å². The van der Waals surface area contributed by atoms with Crippen LogP contribution in [0, 0.1) is 17.8 Å². The van der Waals surface area contributed by atoms with Gasteiger partial charge in [0.05, 0.1) is 20.1 Å². The number of amides is 3. The van der Waals surface area contributed by atoms with Crippen molar-refractivity contribution >= 4 is 29.0 Å². The molecule has 0 spiro atoms. The molecule has 3 N–H and O–H groups in total. The normalized spacial score (nSPS) is 18.6. The van der Waals surface area contributed by atoms with Gasteiger partial charge in [0.1, 0.15) is 5.75 Å². The van der Waals surface area contributed by atoms with Gasteiger partial charge in [-0.3, -0.25) is 14.4 Å². The fourth-order valence-electron chi connectivity index (χ4n) is 7.64. The van der Waals surface area contributed by atoms with E-state index in [1.807, 2.05) is 60.9 Å². The number of anilines is 1. The number of hydrogen-bond donors (Lipinski definition) is 2. The lowest BCUT2D eigenvalue weighted by Crippen LogP contribution is -2.38. The van der Waals surface area contributed by atoms with E-state index in [2.05, 4.69) is 18.3 Å². The minimum Gasteiger partial charge on any atom is -0.497 e. The van der Waals surface area contributed by atoms with Gasteiger partial charge in [-0.2, -0.15) is 0 Å². The first-order valence-corrected chi connectivity index (χ1v) is 18.5. The second-order valence-electron chi connectivity index (χ2n) is 14.2. The van der Waals surface area contributed by atoms with Crippen molar-refractivity contribution < 1.29 is 19.1 Å². The Morgan fingerprint density at radius 3 is 2.10 bits per heavy atom. The van der Waals surface area contributed by atoms with E-state index in [4.69, 9.17) is 20.4 Å². The SMILES string of the molecule is CCC1CCC(C2CC=C(c3cnc(-c4ccc(CN(CC(N)=O)C(=O)c5ccc(NC(=O)Cc6ccc(OC)cc6)cc5)cc4)nc3)CC2)CC1. The fourth-order valence-corrected chi connectivity index (χ4v) is 7.64. The molecule has 3 aromatic carbocycles. The first-order chi connectivity index (χ1) is 25.3. The molecule has 0 aliphatic heterocycles. The molecule has 1 aromatic heterocycles. The number of hydrogen-bond acceptors (Lipinski definition) is 6. The third-order valence-electron chi connectivity index (χ3n) is 10.8. The summed E-state index contributed by atoms with van der Waals surface area (Å²) in [5.74, 6) is 2.86. The summed E-state index contributed by atoms with van der Waals surface area (Å²) in [5.41, 5.74) is 11.5. The maximum Gasteiger partial charge on any atom is 0.254 e. The van der Waals surface area contributed by atoms with E-state index in [1.54, 1.807) is 31.4 Å². The van der Waals surface area contributed by atoms with Gasteiger partial charge in [0.15, 0.2) is 5.82 Å². The first kappa shape index (κ1) is 36.5. The highest BCUT2D eigenvalue weighted by Crippen LogP contribution is 2.41. The highest BCUT2D eigenvalue weighted by atomic mass is 16.5. The lowest BCUT2D eigenvalue weighted by atomic mass is 9.71. The van der Waals surface area contributed by atoms with Crippen LogP contribution in [-0.2, 0) is 22.6 Å². The van der Waals surface area contributed by atoms with Crippen LogP contribution in [0.5, 0.6) is 5.75 Å². The minimum atomic E-state index is -0.608. The van der Waals surface area contributed by atoms with Crippen LogP contribution in [0.2, 0.25) is 0 Å². The number of allylic oxidation sites excluding steroid dienone is 2. The van der Waals surface area contributed by atoms with Crippen molar-refractivity contribution in [3.05, 3.63) is 114 Å². The number of primary amides is 1. The van der Waals surface area contributed by atoms with Crippen LogP contribution >= 0.6 is 0 Å². The summed E-state index contributed by atoms with van der Waals surface area (Å²) in [5, 5.41) is 2.86. The van der Waals surface area contributed by atoms with E-state index in [9.17, 15) is 14.4 Å². The van der Waals surface area contributed by atoms with E-state index in [0.717, 1.165) is 58.6 Å². The number of ether oxygens (including phenoxy) is 1. The van der Waals surface area contributed by atoms with Gasteiger partial charge in [-0.25, -0.2) is 9.97 Å². The van der Waals surface area contributed by atoms with Crippen LogP contribution in [0.3, 0.4) is 0 Å². The van der Waals surface area contributed by atoms with Gasteiger partial charge in [-0.1, -0.05) is 68.7 Å². The number of carbonyl (C=O) groups is 3. The Balaban J connectivity index is 1.03. The molecular formula is C43H49N5O4. The maximum absolute atomic E-state index is 13.5. The zero-order valence-corrected chi connectivity index (χ0v) is 30.2. The third kappa shape index (κ3) is 9.51. The Morgan fingerprint density at radius 2 is 1.50 bits per heavy atom. The molecular weight excluding hydrogens is 651 g/mol. The predicted molar refractivity (Wildman–Crippen MR) is 204 cm³/mol. The molecule has 52 heavy (non-hydrogen) atoms. The fraction of sp³-hybridized carbons (Fsp3) is 0.372. The molecule has 1 saturated carbocycles. The van der Waals surface area contributed by atoms with E-state index in [1.165, 1.54) is 49.0 Å². The summed E-state index contributed by atoms with van der Waals surface area (Å²) in [4.78, 5) is 48.8. The third-order valence-corrected chi connectivity index (χ3v) is 10.8. The smallest absolute Gasteiger partial charge is 0.254 e. The summed E-state index contributed by atoms with van der Waals surface area (Å²) in [6, 6.07) is 21.6. The van der Waals surface area contributed by atoms with E-state index < -0.39 is 5.91 Å². The highest BCUT2D eigenvalue weighted by Gasteiger charge is 2.28. The van der Waals surface area contributed by atoms with Crippen molar-refractivity contribution in [2.45, 2.75) is 71.3 Å². The Kier molecular flexibility index (Phi) is 12.1. The average Bonchev–Trinajstić information content (AvgIpc) is 3.18. The summed E-state index contributed by atoms with van der Waals surface area (Å²) >= 11 is 0. The average molecular weight is 700 g/mol. The van der Waals surface area contributed by atoms with Gasteiger partial charge in [0.25, 0.3) is 5.91 Å². The first-order valence-electron chi connectivity index (χ1n) is 18.5. The number of rotatable bonds is 13. The number of methoxy groups -OCH3 is 1. The number of aromatic nitrogens is 2. The molecule has 0 saturated heterocycles. The van der Waals surface area contributed by atoms with Crippen LogP contribution in [0.25, 0.3) is 17.0 Å². The van der Waals surface area contributed by atoms with Gasteiger partial charge in [-0.05, 0) is 103 Å². The summed E-state index contributed by atoms with van der Waals surface area (Å²) in [6.07, 6.45) is 16.9. The molecule has 1 unspecified atom stereocenters. The molecule has 0 bridgehead atoms. The van der Waals surface area contributed by atoms with Crippen LogP contribution in [0.4, 0.5) is 5.69 Å². The minimum absolute atomic E-state index is 0.182. The number of benzene rings is 3. The topological polar surface area (TPSA) is 128 Å². The molecule has 3 amide bonds. The number of carbonyl (C=O) groups excluding carboxylic acids is 3. The Labute approximate surface area is 306 Å². The van der Waals surface area contributed by atoms with E-state index >= 15 is 0 Å². The summed E-state index contributed by atoms with van der Waals surface area (Å²) < 4.78 is 5.17. The molecule has 270 valence electrons.